The summed E-state index contributed by atoms with van der Waals surface area (Å²) in [6.45, 7) is 10.1. The molecule has 5 nitrogen and oxygen atoms in total. The second kappa shape index (κ2) is 8.63. The number of rotatable bonds is 4. The lowest BCUT2D eigenvalue weighted by Crippen LogP contribution is -2.43. The third-order valence-electron chi connectivity index (χ3n) is 6.52. The number of cyclic esters (lactones) is 1. The number of hydrogen-bond acceptors (Lipinski definition) is 5. The van der Waals surface area contributed by atoms with Gasteiger partial charge in [0.05, 0.1) is 17.9 Å². The van der Waals surface area contributed by atoms with E-state index < -0.39 is 11.5 Å². The van der Waals surface area contributed by atoms with E-state index in [2.05, 4.69) is 32.1 Å². The Hall–Kier alpha value is -1.62. The van der Waals surface area contributed by atoms with E-state index in [-0.39, 0.29) is 36.5 Å². The van der Waals surface area contributed by atoms with Crippen molar-refractivity contribution in [2.24, 2.45) is 29.1 Å². The maximum absolute atomic E-state index is 12.6. The molecule has 0 radical (unpaired) electrons. The highest BCUT2D eigenvalue weighted by molar-refractivity contribution is 5.75. The molecular formula is C24H36O5. The van der Waals surface area contributed by atoms with E-state index in [1.807, 2.05) is 20.8 Å². The molecule has 1 N–H and O–H groups in total. The first-order chi connectivity index (χ1) is 13.5. The molecule has 0 unspecified atom stereocenters. The highest BCUT2D eigenvalue weighted by Crippen LogP contribution is 2.45. The first-order valence-corrected chi connectivity index (χ1v) is 11.0. The topological polar surface area (TPSA) is 72.8 Å². The van der Waals surface area contributed by atoms with Crippen LogP contribution in [-0.4, -0.2) is 35.4 Å². The summed E-state index contributed by atoms with van der Waals surface area (Å²) >= 11 is 0. The average Bonchev–Trinajstić information content (AvgIpc) is 2.59. The van der Waals surface area contributed by atoms with Crippen molar-refractivity contribution in [3.63, 3.8) is 0 Å². The van der Waals surface area contributed by atoms with Crippen molar-refractivity contribution in [3.05, 3.63) is 23.8 Å². The molecule has 0 amide bonds. The fraction of sp³-hybridized carbons (Fsp3) is 0.750. The number of carbonyl (C=O) groups excluding carboxylic acids is 2. The van der Waals surface area contributed by atoms with Crippen LogP contribution >= 0.6 is 0 Å². The van der Waals surface area contributed by atoms with Gasteiger partial charge in [0.15, 0.2) is 0 Å². The normalized spacial score (nSPS) is 37.4. The number of aliphatic hydroxyl groups excluding tert-OH is 1. The monoisotopic (exact) mass is 404 g/mol. The molecule has 162 valence electrons. The van der Waals surface area contributed by atoms with Gasteiger partial charge in [-0.25, -0.2) is 0 Å². The minimum absolute atomic E-state index is 0.0945. The third kappa shape index (κ3) is 5.30. The summed E-state index contributed by atoms with van der Waals surface area (Å²) < 4.78 is 11.5. The largest absolute Gasteiger partial charge is 0.462 e. The van der Waals surface area contributed by atoms with Gasteiger partial charge in [0.1, 0.15) is 12.2 Å². The van der Waals surface area contributed by atoms with Crippen molar-refractivity contribution in [2.45, 2.75) is 85.0 Å². The van der Waals surface area contributed by atoms with Crippen LogP contribution in [0.5, 0.6) is 0 Å². The van der Waals surface area contributed by atoms with Gasteiger partial charge in [-0.05, 0) is 63.4 Å². The summed E-state index contributed by atoms with van der Waals surface area (Å²) in [7, 11) is 0. The van der Waals surface area contributed by atoms with E-state index in [4.69, 9.17) is 9.47 Å². The van der Waals surface area contributed by atoms with Crippen molar-refractivity contribution in [3.8, 4) is 0 Å². The highest BCUT2D eigenvalue weighted by atomic mass is 16.6. The van der Waals surface area contributed by atoms with E-state index in [9.17, 15) is 14.7 Å². The summed E-state index contributed by atoms with van der Waals surface area (Å²) in [5.74, 6) is 0.740. The number of carbonyl (C=O) groups is 2. The van der Waals surface area contributed by atoms with E-state index in [0.29, 0.717) is 24.2 Å². The van der Waals surface area contributed by atoms with Gasteiger partial charge in [-0.1, -0.05) is 32.1 Å². The van der Waals surface area contributed by atoms with E-state index in [0.717, 1.165) is 19.3 Å². The van der Waals surface area contributed by atoms with Gasteiger partial charge in [-0.2, -0.15) is 0 Å². The molecule has 0 aromatic carbocycles. The minimum atomic E-state index is -0.601. The first-order valence-electron chi connectivity index (χ1n) is 11.0. The summed E-state index contributed by atoms with van der Waals surface area (Å²) in [6.07, 6.45) is 8.84. The van der Waals surface area contributed by atoms with Crippen LogP contribution in [0.1, 0.15) is 66.7 Å². The first kappa shape index (κ1) is 22.1. The Morgan fingerprint density at radius 1 is 1.24 bits per heavy atom. The molecule has 3 rings (SSSR count). The predicted octanol–water partition coefficient (Wildman–Crippen LogP) is 4.20. The van der Waals surface area contributed by atoms with Crippen LogP contribution < -0.4 is 0 Å². The molecule has 29 heavy (non-hydrogen) atoms. The van der Waals surface area contributed by atoms with Crippen LogP contribution in [0.3, 0.4) is 0 Å². The molecule has 3 aliphatic rings. The fourth-order valence-electron chi connectivity index (χ4n) is 4.95. The van der Waals surface area contributed by atoms with E-state index in [1.165, 1.54) is 5.57 Å². The third-order valence-corrected chi connectivity index (χ3v) is 6.52. The summed E-state index contributed by atoms with van der Waals surface area (Å²) in [6, 6.07) is 0. The number of aliphatic hydroxyl groups is 1. The maximum Gasteiger partial charge on any atom is 0.311 e. The quantitative estimate of drug-likeness (QED) is 0.711. The summed E-state index contributed by atoms with van der Waals surface area (Å²) in [4.78, 5) is 24.3. The van der Waals surface area contributed by atoms with Crippen LogP contribution in [-0.2, 0) is 19.1 Å². The van der Waals surface area contributed by atoms with Gasteiger partial charge in [0.25, 0.3) is 0 Å². The van der Waals surface area contributed by atoms with Crippen molar-refractivity contribution >= 4 is 11.9 Å². The zero-order chi connectivity index (χ0) is 21.3. The van der Waals surface area contributed by atoms with Gasteiger partial charge in [0, 0.05) is 12.3 Å². The lowest BCUT2D eigenvalue weighted by Gasteiger charge is -2.44. The molecular weight excluding hydrogens is 368 g/mol. The van der Waals surface area contributed by atoms with Gasteiger partial charge < -0.3 is 14.6 Å². The van der Waals surface area contributed by atoms with Gasteiger partial charge in [-0.3, -0.25) is 9.59 Å². The molecule has 1 heterocycles. The smallest absolute Gasteiger partial charge is 0.311 e. The Bertz CT molecular complexity index is 686. The molecule has 1 fully saturated rings. The molecule has 1 aliphatic heterocycles. The number of allylic oxidation sites excluding steroid dienone is 3. The molecule has 0 aromatic heterocycles. The van der Waals surface area contributed by atoms with Crippen molar-refractivity contribution < 1.29 is 24.2 Å². The van der Waals surface area contributed by atoms with E-state index >= 15 is 0 Å². The SMILES string of the molecule is C[C@@H]1C=CC2=C[C@H](C)C[C@H](OC(=O)C(C)(C)C)[C@@H]2[C@H]1CC[C@@H]1C[C@@H](O)CC(=O)O1. The van der Waals surface area contributed by atoms with Crippen LogP contribution in [0.25, 0.3) is 0 Å². The zero-order valence-electron chi connectivity index (χ0n) is 18.4. The second-order valence-electron chi connectivity index (χ2n) is 10.3. The summed E-state index contributed by atoms with van der Waals surface area (Å²) in [5.41, 5.74) is 0.738. The Balaban J connectivity index is 1.76. The second-order valence-corrected chi connectivity index (χ2v) is 10.3. The van der Waals surface area contributed by atoms with Gasteiger partial charge in [-0.15, -0.1) is 0 Å². The molecule has 7 atom stereocenters. The van der Waals surface area contributed by atoms with Crippen molar-refractivity contribution in [1.82, 2.24) is 0 Å². The van der Waals surface area contributed by atoms with Crippen LogP contribution in [0.4, 0.5) is 0 Å². The molecule has 0 aromatic rings. The number of esters is 2. The number of fused-ring (bicyclic) bond motifs is 1. The van der Waals surface area contributed by atoms with Gasteiger partial charge in [0.2, 0.25) is 0 Å². The van der Waals surface area contributed by atoms with Crippen LogP contribution in [0.15, 0.2) is 23.8 Å². The van der Waals surface area contributed by atoms with Crippen LogP contribution in [0.2, 0.25) is 0 Å². The predicted molar refractivity (Wildman–Crippen MR) is 111 cm³/mol. The Morgan fingerprint density at radius 2 is 1.97 bits per heavy atom. The minimum Gasteiger partial charge on any atom is -0.462 e. The number of ether oxygens (including phenoxy) is 2. The van der Waals surface area contributed by atoms with Crippen molar-refractivity contribution in [1.29, 1.82) is 0 Å². The zero-order valence-corrected chi connectivity index (χ0v) is 18.4. The molecule has 5 heteroatoms. The average molecular weight is 405 g/mol. The maximum atomic E-state index is 12.6. The number of hydrogen-bond donors (Lipinski definition) is 1. The highest BCUT2D eigenvalue weighted by Gasteiger charge is 2.42. The van der Waals surface area contributed by atoms with Gasteiger partial charge >= 0.3 is 11.9 Å². The molecule has 0 saturated carbocycles. The molecule has 1 saturated heterocycles. The Labute approximate surface area is 174 Å². The molecule has 0 bridgehead atoms. The van der Waals surface area contributed by atoms with E-state index in [1.54, 1.807) is 0 Å². The lowest BCUT2D eigenvalue weighted by molar-refractivity contribution is -0.165. The lowest BCUT2D eigenvalue weighted by atomic mass is 9.65. The molecule has 2 aliphatic carbocycles. The Kier molecular flexibility index (Phi) is 6.57. The van der Waals surface area contributed by atoms with Crippen LogP contribution in [0, 0.1) is 29.1 Å². The van der Waals surface area contributed by atoms with Crippen molar-refractivity contribution in [2.75, 3.05) is 0 Å². The standard InChI is InChI=1S/C24H36O5/c1-14-10-16-7-6-15(2)19(9-8-18-12-17(25)13-21(26)28-18)22(16)20(11-14)29-23(27)24(3,4)5/h6-7,10,14-15,17-20,22,25H,8-9,11-13H2,1-5H3/t14-,15+,17+,18+,19-,20-,22-/m0/s1. The Morgan fingerprint density at radius 3 is 2.62 bits per heavy atom. The summed E-state index contributed by atoms with van der Waals surface area (Å²) in [5, 5.41) is 9.89. The molecule has 0 spiro atoms. The fourth-order valence-corrected chi connectivity index (χ4v) is 4.95.